The number of allylic oxidation sites excluding steroid dienone is 1. The highest BCUT2D eigenvalue weighted by Gasteiger charge is 2.16. The lowest BCUT2D eigenvalue weighted by atomic mass is 10.1. The number of unbranched alkanes of at least 4 members (excludes halogenated alkanes) is 10. The third kappa shape index (κ3) is 17.5. The van der Waals surface area contributed by atoms with Crippen molar-refractivity contribution in [2.45, 2.75) is 116 Å². The fourth-order valence-corrected chi connectivity index (χ4v) is 2.89. The van der Waals surface area contributed by atoms with Crippen molar-refractivity contribution in [3.63, 3.8) is 0 Å². The average Bonchev–Trinajstić information content (AvgIpc) is 2.59. The van der Waals surface area contributed by atoms with Crippen LogP contribution in [0.3, 0.4) is 0 Å². The van der Waals surface area contributed by atoms with Crippen LogP contribution in [0.15, 0.2) is 12.2 Å². The Bertz CT molecular complexity index is 376. The zero-order valence-electron chi connectivity index (χ0n) is 17.0. The van der Waals surface area contributed by atoms with Crippen molar-refractivity contribution < 1.29 is 19.4 Å². The highest BCUT2D eigenvalue weighted by atomic mass is 16.5. The van der Waals surface area contributed by atoms with Crippen LogP contribution in [0.2, 0.25) is 0 Å². The molecule has 1 N–H and O–H groups in total. The van der Waals surface area contributed by atoms with Crippen molar-refractivity contribution in [3.05, 3.63) is 12.2 Å². The molecule has 4 nitrogen and oxygen atoms in total. The molecule has 0 heterocycles. The third-order valence-corrected chi connectivity index (χ3v) is 4.47. The number of ether oxygens (including phenoxy) is 1. The normalized spacial score (nSPS) is 12.4. The van der Waals surface area contributed by atoms with E-state index in [2.05, 4.69) is 19.9 Å². The molecule has 0 saturated carbocycles. The number of hydrogen-bond acceptors (Lipinski definition) is 3. The number of rotatable bonds is 18. The summed E-state index contributed by atoms with van der Waals surface area (Å²) in [7, 11) is 0. The minimum absolute atomic E-state index is 0.122. The second kappa shape index (κ2) is 18.5. The number of hydrogen-bond donors (Lipinski definition) is 1. The van der Waals surface area contributed by atoms with Gasteiger partial charge in [0.2, 0.25) is 0 Å². The molecule has 26 heavy (non-hydrogen) atoms. The summed E-state index contributed by atoms with van der Waals surface area (Å²) in [5.74, 6) is -1.18. The molecular formula is C22H40O4. The van der Waals surface area contributed by atoms with E-state index < -0.39 is 12.1 Å². The standard InChI is InChI=1S/C22H40O4/c1-3-5-7-9-11-13-15-17-20(19-21(23)24)26-22(25)18-16-14-12-10-8-6-4-2/h13,15,20H,3-12,14,16-19H2,1-2H3,(H,23,24)/b15-13-. The minimum atomic E-state index is -0.921. The molecule has 0 spiro atoms. The van der Waals surface area contributed by atoms with Gasteiger partial charge in [0.05, 0.1) is 6.42 Å². The summed E-state index contributed by atoms with van der Waals surface area (Å²) in [6, 6.07) is 0. The van der Waals surface area contributed by atoms with Crippen molar-refractivity contribution in [1.82, 2.24) is 0 Å². The molecule has 0 fully saturated rings. The van der Waals surface area contributed by atoms with Crippen molar-refractivity contribution in [2.24, 2.45) is 0 Å². The first-order valence-corrected chi connectivity index (χ1v) is 10.7. The van der Waals surface area contributed by atoms with E-state index in [4.69, 9.17) is 9.84 Å². The van der Waals surface area contributed by atoms with Crippen LogP contribution in [-0.2, 0) is 14.3 Å². The van der Waals surface area contributed by atoms with Crippen molar-refractivity contribution in [1.29, 1.82) is 0 Å². The summed E-state index contributed by atoms with van der Waals surface area (Å²) in [4.78, 5) is 22.9. The number of carboxylic acid groups (broad SMARTS) is 1. The van der Waals surface area contributed by atoms with Crippen LogP contribution < -0.4 is 0 Å². The third-order valence-electron chi connectivity index (χ3n) is 4.47. The Hall–Kier alpha value is -1.32. The van der Waals surface area contributed by atoms with E-state index >= 15 is 0 Å². The van der Waals surface area contributed by atoms with E-state index in [0.29, 0.717) is 12.8 Å². The molecular weight excluding hydrogens is 328 g/mol. The zero-order valence-corrected chi connectivity index (χ0v) is 17.0. The summed E-state index contributed by atoms with van der Waals surface area (Å²) in [5.41, 5.74) is 0. The molecule has 1 unspecified atom stereocenters. The Kier molecular flexibility index (Phi) is 17.5. The number of carbonyl (C=O) groups excluding carboxylic acids is 1. The summed E-state index contributed by atoms with van der Waals surface area (Å²) >= 11 is 0. The fourth-order valence-electron chi connectivity index (χ4n) is 2.89. The lowest BCUT2D eigenvalue weighted by Gasteiger charge is -2.14. The quantitative estimate of drug-likeness (QED) is 0.172. The highest BCUT2D eigenvalue weighted by Crippen LogP contribution is 2.12. The van der Waals surface area contributed by atoms with Gasteiger partial charge in [-0.05, 0) is 19.3 Å². The van der Waals surface area contributed by atoms with Gasteiger partial charge in [0.1, 0.15) is 6.10 Å². The lowest BCUT2D eigenvalue weighted by Crippen LogP contribution is -2.21. The van der Waals surface area contributed by atoms with Gasteiger partial charge < -0.3 is 9.84 Å². The Morgan fingerprint density at radius 1 is 0.846 bits per heavy atom. The van der Waals surface area contributed by atoms with E-state index in [1.165, 1.54) is 44.9 Å². The van der Waals surface area contributed by atoms with Crippen LogP contribution in [0, 0.1) is 0 Å². The molecule has 152 valence electrons. The molecule has 0 rings (SSSR count). The maximum absolute atomic E-state index is 11.9. The number of esters is 1. The second-order valence-electron chi connectivity index (χ2n) is 7.14. The molecule has 1 atom stereocenters. The molecule has 4 heteroatoms. The van der Waals surface area contributed by atoms with E-state index in [1.807, 2.05) is 6.08 Å². The van der Waals surface area contributed by atoms with Gasteiger partial charge in [0.25, 0.3) is 0 Å². The SMILES string of the molecule is CCCCCC/C=C\CC(CC(=O)O)OC(=O)CCCCCCCCC. The van der Waals surface area contributed by atoms with E-state index in [-0.39, 0.29) is 12.4 Å². The fraction of sp³-hybridized carbons (Fsp3) is 0.818. The number of aliphatic carboxylic acids is 1. The monoisotopic (exact) mass is 368 g/mol. The molecule has 0 aromatic carbocycles. The van der Waals surface area contributed by atoms with Gasteiger partial charge in [-0.2, -0.15) is 0 Å². The summed E-state index contributed by atoms with van der Waals surface area (Å²) < 4.78 is 5.38. The maximum Gasteiger partial charge on any atom is 0.307 e. The van der Waals surface area contributed by atoms with Gasteiger partial charge in [-0.3, -0.25) is 9.59 Å². The molecule has 0 radical (unpaired) electrons. The second-order valence-corrected chi connectivity index (χ2v) is 7.14. The first kappa shape index (κ1) is 24.7. The molecule has 0 aliphatic carbocycles. The molecule has 0 bridgehead atoms. The van der Waals surface area contributed by atoms with Gasteiger partial charge in [-0.25, -0.2) is 0 Å². The Balaban J connectivity index is 3.94. The van der Waals surface area contributed by atoms with Gasteiger partial charge in [0, 0.05) is 12.8 Å². The van der Waals surface area contributed by atoms with Gasteiger partial charge in [-0.15, -0.1) is 0 Å². The van der Waals surface area contributed by atoms with Crippen LogP contribution in [-0.4, -0.2) is 23.1 Å². The van der Waals surface area contributed by atoms with Crippen molar-refractivity contribution in [2.75, 3.05) is 0 Å². The lowest BCUT2D eigenvalue weighted by molar-refractivity contribution is -0.152. The maximum atomic E-state index is 11.9. The highest BCUT2D eigenvalue weighted by molar-refractivity contribution is 5.71. The Morgan fingerprint density at radius 3 is 2.04 bits per heavy atom. The van der Waals surface area contributed by atoms with Gasteiger partial charge in [0.15, 0.2) is 0 Å². The molecule has 0 aliphatic rings. The number of carboxylic acids is 1. The van der Waals surface area contributed by atoms with E-state index in [9.17, 15) is 9.59 Å². The molecule has 0 saturated heterocycles. The minimum Gasteiger partial charge on any atom is -0.481 e. The number of carbonyl (C=O) groups is 2. The van der Waals surface area contributed by atoms with Crippen LogP contribution in [0.4, 0.5) is 0 Å². The molecule has 0 aromatic heterocycles. The van der Waals surface area contributed by atoms with Crippen molar-refractivity contribution >= 4 is 11.9 Å². The van der Waals surface area contributed by atoms with Crippen molar-refractivity contribution in [3.8, 4) is 0 Å². The van der Waals surface area contributed by atoms with Crippen LogP contribution in [0.25, 0.3) is 0 Å². The summed E-state index contributed by atoms with van der Waals surface area (Å²) in [6.07, 6.45) is 18.2. The first-order valence-electron chi connectivity index (χ1n) is 10.7. The predicted octanol–water partition coefficient (Wildman–Crippen LogP) is 6.43. The smallest absolute Gasteiger partial charge is 0.307 e. The van der Waals surface area contributed by atoms with Crippen LogP contribution in [0.1, 0.15) is 110 Å². The Labute approximate surface area is 160 Å². The Morgan fingerprint density at radius 2 is 1.42 bits per heavy atom. The topological polar surface area (TPSA) is 63.6 Å². The molecule has 0 amide bonds. The zero-order chi connectivity index (χ0) is 19.5. The molecule has 0 aliphatic heterocycles. The van der Waals surface area contributed by atoms with E-state index in [1.54, 1.807) is 0 Å². The molecule has 0 aromatic rings. The average molecular weight is 369 g/mol. The summed E-state index contributed by atoms with van der Waals surface area (Å²) in [6.45, 7) is 4.39. The summed E-state index contributed by atoms with van der Waals surface area (Å²) in [5, 5.41) is 9.00. The van der Waals surface area contributed by atoms with E-state index in [0.717, 1.165) is 32.1 Å². The van der Waals surface area contributed by atoms with Crippen LogP contribution in [0.5, 0.6) is 0 Å². The van der Waals surface area contributed by atoms with Gasteiger partial charge >= 0.3 is 11.9 Å². The first-order chi connectivity index (χ1) is 12.6. The predicted molar refractivity (Wildman–Crippen MR) is 107 cm³/mol. The largest absolute Gasteiger partial charge is 0.481 e. The van der Waals surface area contributed by atoms with Crippen LogP contribution >= 0.6 is 0 Å². The van der Waals surface area contributed by atoms with Gasteiger partial charge in [-0.1, -0.05) is 83.8 Å².